The minimum absolute atomic E-state index is 1.20. The van der Waals surface area contributed by atoms with Gasteiger partial charge in [-0.1, -0.05) is 41.4 Å². The fraction of sp³-hybridized carbons (Fsp3) is 0.556. The minimum Gasteiger partial charge on any atom is -0.0719 e. The number of hydrogen-bond acceptors (Lipinski definition) is 0. The number of allylic oxidation sites excluding steroid dienone is 4. The summed E-state index contributed by atoms with van der Waals surface area (Å²) in [7, 11) is 0. The van der Waals surface area contributed by atoms with Gasteiger partial charge in [0.15, 0.2) is 0 Å². The Hall–Kier alpha value is -0.0400. The van der Waals surface area contributed by atoms with Gasteiger partial charge in [-0.2, -0.15) is 0 Å². The van der Waals surface area contributed by atoms with Crippen molar-refractivity contribution in [1.82, 2.24) is 0 Å². The van der Waals surface area contributed by atoms with E-state index in [4.69, 9.17) is 0 Å². The second kappa shape index (κ2) is 5.72. The Morgan fingerprint density at radius 3 is 2.30 bits per heavy atom. The van der Waals surface area contributed by atoms with Gasteiger partial charge < -0.3 is 0 Å². The van der Waals surface area contributed by atoms with Crippen LogP contribution in [-0.4, -0.2) is 0 Å². The highest BCUT2D eigenvalue weighted by Gasteiger charge is 1.95. The Kier molecular flexibility index (Phi) is 5.70. The lowest BCUT2D eigenvalue weighted by Crippen LogP contribution is -1.82. The number of hydrogen-bond donors (Lipinski definition) is 0. The van der Waals surface area contributed by atoms with E-state index in [1.54, 1.807) is 0 Å². The van der Waals surface area contributed by atoms with E-state index in [9.17, 15) is 0 Å². The van der Waals surface area contributed by atoms with E-state index in [0.29, 0.717) is 0 Å². The van der Waals surface area contributed by atoms with Crippen LogP contribution in [-0.2, 0) is 0 Å². The molecule has 1 aliphatic rings. The molecule has 0 saturated heterocycles. The molecule has 10 heavy (non-hydrogen) atoms. The first-order valence-electron chi connectivity index (χ1n) is 3.82. The molecule has 0 amide bonds. The maximum absolute atomic E-state index is 3.41. The van der Waals surface area contributed by atoms with Gasteiger partial charge in [0.2, 0.25) is 0 Å². The highest BCUT2D eigenvalue weighted by atomic mass is 79.9. The van der Waals surface area contributed by atoms with Crippen molar-refractivity contribution in [2.45, 2.75) is 33.6 Å². The van der Waals surface area contributed by atoms with Crippen LogP contribution in [0.3, 0.4) is 0 Å². The lowest BCUT2D eigenvalue weighted by molar-refractivity contribution is 0.959. The third-order valence-electron chi connectivity index (χ3n) is 1.26. The Morgan fingerprint density at radius 2 is 2.00 bits per heavy atom. The lowest BCUT2D eigenvalue weighted by atomic mass is 10.1. The third kappa shape index (κ3) is 3.89. The zero-order valence-corrected chi connectivity index (χ0v) is 8.53. The van der Waals surface area contributed by atoms with Crippen LogP contribution in [0.4, 0.5) is 0 Å². The van der Waals surface area contributed by atoms with E-state index in [1.165, 1.54) is 22.9 Å². The maximum Gasteiger partial charge on any atom is 0.0134 e. The van der Waals surface area contributed by atoms with Gasteiger partial charge in [-0.25, -0.2) is 0 Å². The van der Waals surface area contributed by atoms with Crippen molar-refractivity contribution in [3.63, 3.8) is 0 Å². The second-order valence-corrected chi connectivity index (χ2v) is 3.03. The van der Waals surface area contributed by atoms with Gasteiger partial charge in [0, 0.05) is 4.48 Å². The molecule has 58 valence electrons. The largest absolute Gasteiger partial charge is 0.0719 e. The quantitative estimate of drug-likeness (QED) is 0.557. The van der Waals surface area contributed by atoms with Crippen molar-refractivity contribution in [1.29, 1.82) is 0 Å². The van der Waals surface area contributed by atoms with E-state index in [-0.39, 0.29) is 0 Å². The Bertz CT molecular complexity index is 143. The first kappa shape index (κ1) is 9.96. The van der Waals surface area contributed by atoms with Gasteiger partial charge in [0.05, 0.1) is 0 Å². The molecule has 0 N–H and O–H groups in total. The Labute approximate surface area is 72.1 Å². The number of rotatable bonds is 0. The molecular formula is C9H15Br. The van der Waals surface area contributed by atoms with Crippen molar-refractivity contribution < 1.29 is 0 Å². The first-order chi connectivity index (χ1) is 4.79. The van der Waals surface area contributed by atoms with Crippen molar-refractivity contribution in [3.8, 4) is 0 Å². The van der Waals surface area contributed by atoms with Gasteiger partial charge in [0.25, 0.3) is 0 Å². The summed E-state index contributed by atoms with van der Waals surface area (Å²) in [6.07, 6.45) is 6.80. The summed E-state index contributed by atoms with van der Waals surface area (Å²) in [6.45, 7) is 6.16. The summed E-state index contributed by atoms with van der Waals surface area (Å²) in [6, 6.07) is 0. The average Bonchev–Trinajstić information content (AvgIpc) is 1.91. The average molecular weight is 203 g/mol. The highest BCUT2D eigenvalue weighted by molar-refractivity contribution is 9.11. The normalized spacial score (nSPS) is 16.4. The van der Waals surface area contributed by atoms with Gasteiger partial charge in [-0.05, 0) is 25.8 Å². The molecule has 0 bridgehead atoms. The topological polar surface area (TPSA) is 0 Å². The highest BCUT2D eigenvalue weighted by Crippen LogP contribution is 2.19. The van der Waals surface area contributed by atoms with E-state index < -0.39 is 0 Å². The molecule has 0 aliphatic heterocycles. The molecule has 0 aromatic carbocycles. The molecule has 0 heterocycles. The molecular weight excluding hydrogens is 188 g/mol. The number of halogens is 1. The van der Waals surface area contributed by atoms with E-state index in [2.05, 4.69) is 35.0 Å². The summed E-state index contributed by atoms with van der Waals surface area (Å²) in [5.41, 5.74) is 1.47. The van der Waals surface area contributed by atoms with Crippen LogP contribution >= 0.6 is 15.9 Å². The zero-order valence-electron chi connectivity index (χ0n) is 6.95. The Morgan fingerprint density at radius 1 is 1.40 bits per heavy atom. The molecule has 0 saturated carbocycles. The molecule has 0 nitrogen and oxygen atoms in total. The molecule has 0 aromatic rings. The van der Waals surface area contributed by atoms with Crippen LogP contribution in [0, 0.1) is 0 Å². The maximum atomic E-state index is 3.41. The summed E-state index contributed by atoms with van der Waals surface area (Å²) >= 11 is 3.41. The monoisotopic (exact) mass is 202 g/mol. The second-order valence-electron chi connectivity index (χ2n) is 2.12. The predicted molar refractivity (Wildman–Crippen MR) is 51.3 cm³/mol. The molecule has 1 rings (SSSR count). The Balaban J connectivity index is 0.000000371. The smallest absolute Gasteiger partial charge is 0.0134 e. The van der Waals surface area contributed by atoms with Gasteiger partial charge >= 0.3 is 0 Å². The van der Waals surface area contributed by atoms with Crippen molar-refractivity contribution >= 4 is 15.9 Å². The van der Waals surface area contributed by atoms with Crippen LogP contribution in [0.2, 0.25) is 0 Å². The van der Waals surface area contributed by atoms with Crippen LogP contribution < -0.4 is 0 Å². The molecule has 1 heteroatoms. The van der Waals surface area contributed by atoms with Gasteiger partial charge in [-0.15, -0.1) is 0 Å². The van der Waals surface area contributed by atoms with Crippen molar-refractivity contribution in [2.75, 3.05) is 0 Å². The SMILES string of the molecule is CC.CC1=CC(Br)=CCC1. The van der Waals surface area contributed by atoms with E-state index in [0.717, 1.165) is 0 Å². The lowest BCUT2D eigenvalue weighted by Gasteiger charge is -2.03. The van der Waals surface area contributed by atoms with Crippen LogP contribution in [0.5, 0.6) is 0 Å². The van der Waals surface area contributed by atoms with E-state index >= 15 is 0 Å². The third-order valence-corrected chi connectivity index (χ3v) is 1.81. The molecule has 0 fully saturated rings. The van der Waals surface area contributed by atoms with Crippen molar-refractivity contribution in [2.24, 2.45) is 0 Å². The van der Waals surface area contributed by atoms with Crippen LogP contribution in [0.1, 0.15) is 33.6 Å². The molecule has 0 spiro atoms. The molecule has 0 aromatic heterocycles. The van der Waals surface area contributed by atoms with Crippen molar-refractivity contribution in [3.05, 3.63) is 22.2 Å². The van der Waals surface area contributed by atoms with Crippen LogP contribution in [0.15, 0.2) is 22.2 Å². The fourth-order valence-electron chi connectivity index (χ4n) is 0.804. The zero-order chi connectivity index (χ0) is 7.98. The summed E-state index contributed by atoms with van der Waals surface area (Å²) < 4.78 is 1.24. The summed E-state index contributed by atoms with van der Waals surface area (Å²) in [5.74, 6) is 0. The fourth-order valence-corrected chi connectivity index (χ4v) is 1.42. The standard InChI is InChI=1S/C7H9Br.C2H6/c1-6-3-2-4-7(8)5-6;1-2/h4-5H,2-3H2,1H3;1-2H3. The molecule has 0 radical (unpaired) electrons. The minimum atomic E-state index is 1.20. The molecule has 0 unspecified atom stereocenters. The van der Waals surface area contributed by atoms with E-state index in [1.807, 2.05) is 13.8 Å². The van der Waals surface area contributed by atoms with Gasteiger partial charge in [-0.3, -0.25) is 0 Å². The van der Waals surface area contributed by atoms with Gasteiger partial charge in [0.1, 0.15) is 0 Å². The van der Waals surface area contributed by atoms with Crippen LogP contribution in [0.25, 0.3) is 0 Å². The molecule has 0 atom stereocenters. The first-order valence-corrected chi connectivity index (χ1v) is 4.61. The predicted octanol–water partition coefficient (Wildman–Crippen LogP) is 4.03. The summed E-state index contributed by atoms with van der Waals surface area (Å²) in [5, 5.41) is 0. The summed E-state index contributed by atoms with van der Waals surface area (Å²) in [4.78, 5) is 0. The molecule has 1 aliphatic carbocycles.